The second-order valence-corrected chi connectivity index (χ2v) is 4.88. The molecule has 0 radical (unpaired) electrons. The van der Waals surface area contributed by atoms with Crippen LogP contribution in [0.1, 0.15) is 38.5 Å². The molecule has 2 heterocycles. The minimum atomic E-state index is -0.867. The number of amides is 1. The summed E-state index contributed by atoms with van der Waals surface area (Å²) in [5.74, 6) is -0.884. The molecule has 2 unspecified atom stereocenters. The molecule has 0 aromatic heterocycles. The van der Waals surface area contributed by atoms with Crippen molar-refractivity contribution in [3.05, 3.63) is 0 Å². The van der Waals surface area contributed by atoms with Crippen LogP contribution < -0.4 is 5.32 Å². The maximum atomic E-state index is 12.3. The summed E-state index contributed by atoms with van der Waals surface area (Å²) in [7, 11) is 0. The van der Waals surface area contributed by atoms with Crippen LogP contribution >= 0.6 is 12.4 Å². The van der Waals surface area contributed by atoms with Gasteiger partial charge in [0.1, 0.15) is 6.04 Å². The van der Waals surface area contributed by atoms with E-state index in [-0.39, 0.29) is 24.4 Å². The fourth-order valence-electron chi connectivity index (χ4n) is 2.71. The lowest BCUT2D eigenvalue weighted by Crippen LogP contribution is -2.55. The number of rotatable bonds is 2. The number of piperidine rings is 2. The zero-order valence-corrected chi connectivity index (χ0v) is 11.2. The molecule has 0 saturated carbocycles. The van der Waals surface area contributed by atoms with Crippen molar-refractivity contribution in [2.45, 2.75) is 50.6 Å². The first kappa shape index (κ1) is 15.2. The third-order valence-electron chi connectivity index (χ3n) is 3.68. The van der Waals surface area contributed by atoms with Gasteiger partial charge in [0, 0.05) is 6.54 Å². The number of hydrogen-bond acceptors (Lipinski definition) is 3. The van der Waals surface area contributed by atoms with Crippen LogP contribution in [0.5, 0.6) is 0 Å². The first-order valence-corrected chi connectivity index (χ1v) is 6.47. The van der Waals surface area contributed by atoms with E-state index in [4.69, 9.17) is 5.11 Å². The van der Waals surface area contributed by atoms with Crippen LogP contribution in [-0.2, 0) is 9.59 Å². The molecule has 2 fully saturated rings. The molecule has 0 bridgehead atoms. The van der Waals surface area contributed by atoms with Crippen molar-refractivity contribution < 1.29 is 14.7 Å². The van der Waals surface area contributed by atoms with Crippen molar-refractivity contribution in [2.75, 3.05) is 13.1 Å². The van der Waals surface area contributed by atoms with Gasteiger partial charge in [-0.3, -0.25) is 4.79 Å². The molecule has 2 aliphatic rings. The normalized spacial score (nSPS) is 28.3. The molecule has 1 amide bonds. The molecular formula is C12H21ClN2O3. The van der Waals surface area contributed by atoms with Gasteiger partial charge in [0.2, 0.25) is 5.91 Å². The Hall–Kier alpha value is -0.810. The molecule has 0 aromatic carbocycles. The largest absolute Gasteiger partial charge is 0.480 e. The summed E-state index contributed by atoms with van der Waals surface area (Å²) in [6.07, 6.45) is 5.40. The lowest BCUT2D eigenvalue weighted by atomic mass is 9.98. The molecule has 2 aliphatic heterocycles. The number of carbonyl (C=O) groups is 2. The molecule has 2 saturated heterocycles. The Kier molecular flexibility index (Phi) is 5.88. The standard InChI is InChI=1S/C12H20N2O3.ClH/c15-11(9-5-1-3-7-13-9)14-8-4-2-6-10(14)12(16)17;/h9-10,13H,1-8H2,(H,16,17);1H. The predicted molar refractivity (Wildman–Crippen MR) is 69.9 cm³/mol. The zero-order chi connectivity index (χ0) is 12.3. The third kappa shape index (κ3) is 3.36. The number of carbonyl (C=O) groups excluding carboxylic acids is 1. The maximum Gasteiger partial charge on any atom is 0.326 e. The number of hydrogen-bond donors (Lipinski definition) is 2. The highest BCUT2D eigenvalue weighted by Gasteiger charge is 2.35. The smallest absolute Gasteiger partial charge is 0.326 e. The van der Waals surface area contributed by atoms with Crippen molar-refractivity contribution in [1.82, 2.24) is 10.2 Å². The Bertz CT molecular complexity index is 306. The number of nitrogens with one attached hydrogen (secondary N) is 1. The van der Waals surface area contributed by atoms with E-state index in [2.05, 4.69) is 5.32 Å². The molecule has 104 valence electrons. The molecule has 5 nitrogen and oxygen atoms in total. The van der Waals surface area contributed by atoms with E-state index in [0.717, 1.165) is 38.6 Å². The Labute approximate surface area is 113 Å². The number of aliphatic carboxylic acids is 1. The van der Waals surface area contributed by atoms with Gasteiger partial charge in [-0.05, 0) is 38.6 Å². The minimum Gasteiger partial charge on any atom is -0.480 e. The van der Waals surface area contributed by atoms with Gasteiger partial charge in [-0.2, -0.15) is 0 Å². The quantitative estimate of drug-likeness (QED) is 0.790. The second kappa shape index (κ2) is 6.95. The minimum absolute atomic E-state index is 0. The molecule has 0 aromatic rings. The summed E-state index contributed by atoms with van der Waals surface area (Å²) in [4.78, 5) is 25.0. The lowest BCUT2D eigenvalue weighted by molar-refractivity contribution is -0.153. The number of nitrogens with zero attached hydrogens (tertiary/aromatic N) is 1. The molecular weight excluding hydrogens is 256 g/mol. The van der Waals surface area contributed by atoms with Crippen LogP contribution in [0.25, 0.3) is 0 Å². The Morgan fingerprint density at radius 1 is 1.11 bits per heavy atom. The van der Waals surface area contributed by atoms with Crippen LogP contribution in [-0.4, -0.2) is 47.1 Å². The molecule has 2 N–H and O–H groups in total. The molecule has 2 atom stereocenters. The topological polar surface area (TPSA) is 69.6 Å². The Morgan fingerprint density at radius 2 is 1.83 bits per heavy atom. The molecule has 2 rings (SSSR count). The van der Waals surface area contributed by atoms with Gasteiger partial charge in [0.25, 0.3) is 0 Å². The van der Waals surface area contributed by atoms with Crippen molar-refractivity contribution in [3.63, 3.8) is 0 Å². The van der Waals surface area contributed by atoms with Crippen LogP contribution in [0.3, 0.4) is 0 Å². The number of carboxylic acids is 1. The summed E-state index contributed by atoms with van der Waals surface area (Å²) < 4.78 is 0. The van der Waals surface area contributed by atoms with E-state index in [0.29, 0.717) is 13.0 Å². The van der Waals surface area contributed by atoms with E-state index >= 15 is 0 Å². The summed E-state index contributed by atoms with van der Waals surface area (Å²) in [6, 6.07) is -0.774. The number of halogens is 1. The zero-order valence-electron chi connectivity index (χ0n) is 10.4. The summed E-state index contributed by atoms with van der Waals surface area (Å²) in [5, 5.41) is 12.3. The highest BCUT2D eigenvalue weighted by atomic mass is 35.5. The third-order valence-corrected chi connectivity index (χ3v) is 3.68. The first-order valence-electron chi connectivity index (χ1n) is 6.47. The molecule has 18 heavy (non-hydrogen) atoms. The van der Waals surface area contributed by atoms with E-state index in [1.165, 1.54) is 0 Å². The van der Waals surface area contributed by atoms with Gasteiger partial charge in [-0.15, -0.1) is 12.4 Å². The monoisotopic (exact) mass is 276 g/mol. The van der Waals surface area contributed by atoms with Crippen LogP contribution in [0.4, 0.5) is 0 Å². The van der Waals surface area contributed by atoms with Gasteiger partial charge < -0.3 is 15.3 Å². The molecule has 6 heteroatoms. The Morgan fingerprint density at radius 3 is 2.44 bits per heavy atom. The number of carboxylic acid groups (broad SMARTS) is 1. The van der Waals surface area contributed by atoms with Gasteiger partial charge in [-0.25, -0.2) is 4.79 Å². The van der Waals surface area contributed by atoms with Crippen molar-refractivity contribution >= 4 is 24.3 Å². The van der Waals surface area contributed by atoms with Crippen LogP contribution in [0, 0.1) is 0 Å². The van der Waals surface area contributed by atoms with E-state index in [1.54, 1.807) is 4.90 Å². The summed E-state index contributed by atoms with van der Waals surface area (Å²) in [5.41, 5.74) is 0. The maximum absolute atomic E-state index is 12.3. The van der Waals surface area contributed by atoms with Gasteiger partial charge in [-0.1, -0.05) is 6.42 Å². The van der Waals surface area contributed by atoms with Gasteiger partial charge in [0.15, 0.2) is 0 Å². The van der Waals surface area contributed by atoms with Crippen molar-refractivity contribution in [1.29, 1.82) is 0 Å². The summed E-state index contributed by atoms with van der Waals surface area (Å²) in [6.45, 7) is 1.45. The van der Waals surface area contributed by atoms with E-state index in [9.17, 15) is 9.59 Å². The average molecular weight is 277 g/mol. The van der Waals surface area contributed by atoms with Crippen LogP contribution in [0.2, 0.25) is 0 Å². The van der Waals surface area contributed by atoms with Crippen molar-refractivity contribution in [3.8, 4) is 0 Å². The predicted octanol–water partition coefficient (Wildman–Crippen LogP) is 1.02. The fraction of sp³-hybridized carbons (Fsp3) is 0.833. The van der Waals surface area contributed by atoms with Crippen molar-refractivity contribution in [2.24, 2.45) is 0 Å². The Balaban J connectivity index is 0.00000162. The molecule has 0 aliphatic carbocycles. The lowest BCUT2D eigenvalue weighted by Gasteiger charge is -2.36. The fourth-order valence-corrected chi connectivity index (χ4v) is 2.71. The SMILES string of the molecule is Cl.O=C(O)C1CCCCN1C(=O)C1CCCCN1. The highest BCUT2D eigenvalue weighted by Crippen LogP contribution is 2.20. The van der Waals surface area contributed by atoms with E-state index < -0.39 is 12.0 Å². The van der Waals surface area contributed by atoms with Gasteiger partial charge in [0.05, 0.1) is 6.04 Å². The average Bonchev–Trinajstić information content (AvgIpc) is 2.39. The van der Waals surface area contributed by atoms with E-state index in [1.807, 2.05) is 0 Å². The first-order chi connectivity index (χ1) is 8.20. The van der Waals surface area contributed by atoms with Gasteiger partial charge >= 0.3 is 5.97 Å². The van der Waals surface area contributed by atoms with Crippen LogP contribution in [0.15, 0.2) is 0 Å². The molecule has 0 spiro atoms. The number of likely N-dealkylation sites (tertiary alicyclic amines) is 1. The second-order valence-electron chi connectivity index (χ2n) is 4.88. The summed E-state index contributed by atoms with van der Waals surface area (Å²) >= 11 is 0. The highest BCUT2D eigenvalue weighted by molar-refractivity contribution is 5.87.